The van der Waals surface area contributed by atoms with E-state index in [4.69, 9.17) is 5.11 Å². The summed E-state index contributed by atoms with van der Waals surface area (Å²) in [6, 6.07) is 3.49. The summed E-state index contributed by atoms with van der Waals surface area (Å²) in [6.45, 7) is 0.977. The Balaban J connectivity index is 1.59. The Hall–Kier alpha value is -2.91. The maximum atomic E-state index is 13.5. The van der Waals surface area contributed by atoms with E-state index in [0.717, 1.165) is 17.0 Å². The number of carboxylic acids is 1. The molecule has 2 N–H and O–H groups in total. The van der Waals surface area contributed by atoms with E-state index in [-0.39, 0.29) is 57.5 Å². The Bertz CT molecular complexity index is 1040. The van der Waals surface area contributed by atoms with Gasteiger partial charge in [-0.1, -0.05) is 0 Å². The summed E-state index contributed by atoms with van der Waals surface area (Å²) in [7, 11) is 0. The number of piperidine rings is 1. The van der Waals surface area contributed by atoms with Crippen molar-refractivity contribution in [2.24, 2.45) is 5.41 Å². The van der Waals surface area contributed by atoms with Crippen molar-refractivity contribution in [3.05, 3.63) is 29.3 Å². The zero-order chi connectivity index (χ0) is 29.9. The molecule has 40 heavy (non-hydrogen) atoms. The number of amides is 1. The van der Waals surface area contributed by atoms with E-state index >= 15 is 0 Å². The van der Waals surface area contributed by atoms with Gasteiger partial charge in [0.2, 0.25) is 0 Å². The van der Waals surface area contributed by atoms with E-state index in [0.29, 0.717) is 25.1 Å². The van der Waals surface area contributed by atoms with Crippen LogP contribution in [-0.2, 0) is 22.3 Å². The van der Waals surface area contributed by atoms with Gasteiger partial charge in [0.05, 0.1) is 5.56 Å². The van der Waals surface area contributed by atoms with Gasteiger partial charge in [-0.05, 0) is 61.4 Å². The normalized spacial score (nSPS) is 18.4. The summed E-state index contributed by atoms with van der Waals surface area (Å²) in [6.07, 6.45) is -21.0. The molecule has 0 aliphatic carbocycles. The molecular formula is C24H28F9N3O4. The molecule has 7 nitrogen and oxygen atoms in total. The number of nitrogens with zero attached hydrogens (tertiary/aromatic N) is 2. The highest BCUT2D eigenvalue weighted by atomic mass is 19.4. The summed E-state index contributed by atoms with van der Waals surface area (Å²) < 4.78 is 120. The standard InChI is InChI=1S/C24H28F9N3O4/c25-22(26,27)16-10-15(11-17(12-16)34-6-1-2-18(37)38)13-35-7-3-21(14-35)4-8-36(9-5-21)20(39)40-19(23(28,29)30)24(31,32)33/h10-12,19,34H,1-9,13-14H2,(H,37,38). The van der Waals surface area contributed by atoms with Gasteiger partial charge in [-0.2, -0.15) is 39.5 Å². The van der Waals surface area contributed by atoms with E-state index in [2.05, 4.69) is 10.1 Å². The number of anilines is 1. The minimum Gasteiger partial charge on any atom is -0.481 e. The van der Waals surface area contributed by atoms with Crippen LogP contribution >= 0.6 is 0 Å². The Kier molecular flexibility index (Phi) is 9.41. The summed E-state index contributed by atoms with van der Waals surface area (Å²) in [5, 5.41) is 11.5. The topological polar surface area (TPSA) is 82.1 Å². The largest absolute Gasteiger partial charge is 0.481 e. The number of carboxylic acid groups (broad SMARTS) is 1. The number of carbonyl (C=O) groups is 2. The third kappa shape index (κ3) is 8.54. The number of rotatable bonds is 8. The third-order valence-corrected chi connectivity index (χ3v) is 7.04. The lowest BCUT2D eigenvalue weighted by Gasteiger charge is -2.39. The molecule has 0 bridgehead atoms. The van der Waals surface area contributed by atoms with Crippen LogP contribution < -0.4 is 5.32 Å². The van der Waals surface area contributed by atoms with Gasteiger partial charge in [-0.25, -0.2) is 4.79 Å². The second-order valence-electron chi connectivity index (χ2n) is 10.1. The monoisotopic (exact) mass is 593 g/mol. The molecule has 0 radical (unpaired) electrons. The molecule has 0 unspecified atom stereocenters. The van der Waals surface area contributed by atoms with Crippen LogP contribution in [0.3, 0.4) is 0 Å². The van der Waals surface area contributed by atoms with Gasteiger partial charge >= 0.3 is 30.6 Å². The number of nitrogens with one attached hydrogen (secondary N) is 1. The first-order valence-electron chi connectivity index (χ1n) is 12.4. The van der Waals surface area contributed by atoms with Crippen molar-refractivity contribution in [2.45, 2.75) is 63.3 Å². The molecule has 3 rings (SSSR count). The molecule has 2 heterocycles. The molecule has 16 heteroatoms. The third-order valence-electron chi connectivity index (χ3n) is 7.04. The van der Waals surface area contributed by atoms with Crippen LogP contribution in [0.15, 0.2) is 18.2 Å². The van der Waals surface area contributed by atoms with E-state index in [1.807, 2.05) is 4.90 Å². The number of aliphatic carboxylic acids is 1. The van der Waals surface area contributed by atoms with Crippen molar-refractivity contribution in [1.29, 1.82) is 0 Å². The van der Waals surface area contributed by atoms with Crippen LogP contribution in [-0.4, -0.2) is 78.1 Å². The number of hydrogen-bond acceptors (Lipinski definition) is 5. The van der Waals surface area contributed by atoms with Gasteiger partial charge in [0.15, 0.2) is 0 Å². The van der Waals surface area contributed by atoms with Crippen LogP contribution in [0.1, 0.15) is 43.2 Å². The van der Waals surface area contributed by atoms with Crippen molar-refractivity contribution in [2.75, 3.05) is 38.0 Å². The number of halogens is 9. The quantitative estimate of drug-likeness (QED) is 0.289. The lowest BCUT2D eigenvalue weighted by atomic mass is 9.78. The van der Waals surface area contributed by atoms with Gasteiger partial charge < -0.3 is 20.1 Å². The minimum atomic E-state index is -5.81. The molecule has 2 aliphatic heterocycles. The molecule has 0 atom stereocenters. The molecule has 1 spiro atoms. The number of likely N-dealkylation sites (tertiary alicyclic amines) is 2. The Morgan fingerprint density at radius 3 is 2.10 bits per heavy atom. The zero-order valence-electron chi connectivity index (χ0n) is 21.1. The van der Waals surface area contributed by atoms with Crippen LogP contribution in [0.2, 0.25) is 0 Å². The number of benzene rings is 1. The first-order chi connectivity index (χ1) is 18.4. The van der Waals surface area contributed by atoms with Crippen LogP contribution in [0.4, 0.5) is 50.0 Å². The van der Waals surface area contributed by atoms with Gasteiger partial charge in [0.25, 0.3) is 6.10 Å². The molecule has 2 aliphatic rings. The molecule has 1 amide bonds. The fraction of sp³-hybridized carbons (Fsp3) is 0.667. The van der Waals surface area contributed by atoms with E-state index in [1.54, 1.807) is 0 Å². The highest BCUT2D eigenvalue weighted by Gasteiger charge is 2.60. The van der Waals surface area contributed by atoms with Crippen LogP contribution in [0.25, 0.3) is 0 Å². The Morgan fingerprint density at radius 2 is 1.55 bits per heavy atom. The molecule has 0 aromatic heterocycles. The summed E-state index contributed by atoms with van der Waals surface area (Å²) in [5.74, 6) is -1.02. The maximum Gasteiger partial charge on any atom is 0.434 e. The second kappa shape index (κ2) is 11.9. The fourth-order valence-electron chi connectivity index (χ4n) is 5.01. The zero-order valence-corrected chi connectivity index (χ0v) is 21.1. The maximum absolute atomic E-state index is 13.5. The molecule has 226 valence electrons. The summed E-state index contributed by atoms with van der Waals surface area (Å²) >= 11 is 0. The molecule has 1 aromatic carbocycles. The van der Waals surface area contributed by atoms with E-state index in [1.165, 1.54) is 6.07 Å². The lowest BCUT2D eigenvalue weighted by Crippen LogP contribution is -2.50. The molecule has 1 aromatic rings. The van der Waals surface area contributed by atoms with Crippen molar-refractivity contribution in [1.82, 2.24) is 9.80 Å². The van der Waals surface area contributed by atoms with Gasteiger partial charge in [0, 0.05) is 44.8 Å². The number of hydrogen-bond donors (Lipinski definition) is 2. The van der Waals surface area contributed by atoms with Gasteiger partial charge in [0.1, 0.15) is 0 Å². The van der Waals surface area contributed by atoms with E-state index < -0.39 is 47.7 Å². The average Bonchev–Trinajstić information content (AvgIpc) is 3.20. The van der Waals surface area contributed by atoms with Crippen molar-refractivity contribution in [3.8, 4) is 0 Å². The molecule has 0 saturated carbocycles. The fourth-order valence-corrected chi connectivity index (χ4v) is 5.01. The Morgan fingerprint density at radius 1 is 0.950 bits per heavy atom. The van der Waals surface area contributed by atoms with Crippen molar-refractivity contribution >= 4 is 17.7 Å². The van der Waals surface area contributed by atoms with Crippen LogP contribution in [0, 0.1) is 5.41 Å². The highest BCUT2D eigenvalue weighted by molar-refractivity contribution is 5.68. The smallest absolute Gasteiger partial charge is 0.434 e. The van der Waals surface area contributed by atoms with Gasteiger partial charge in [-0.15, -0.1) is 0 Å². The minimum absolute atomic E-state index is 0.122. The first kappa shape index (κ1) is 31.6. The molecule has 2 saturated heterocycles. The van der Waals surface area contributed by atoms with E-state index in [9.17, 15) is 49.1 Å². The first-order valence-corrected chi connectivity index (χ1v) is 12.4. The lowest BCUT2D eigenvalue weighted by molar-refractivity contribution is -0.308. The highest BCUT2D eigenvalue weighted by Crippen LogP contribution is 2.42. The van der Waals surface area contributed by atoms with Crippen molar-refractivity contribution < 1.29 is 58.9 Å². The second-order valence-corrected chi connectivity index (χ2v) is 10.1. The molecular weight excluding hydrogens is 565 g/mol. The van der Waals surface area contributed by atoms with Crippen LogP contribution in [0.5, 0.6) is 0 Å². The molecule has 2 fully saturated rings. The summed E-state index contributed by atoms with van der Waals surface area (Å²) in [4.78, 5) is 25.4. The number of ether oxygens (including phenoxy) is 1. The average molecular weight is 593 g/mol. The Labute approximate surface area is 223 Å². The summed E-state index contributed by atoms with van der Waals surface area (Å²) in [5.41, 5.74) is -0.725. The number of carbonyl (C=O) groups excluding carboxylic acids is 1. The predicted molar refractivity (Wildman–Crippen MR) is 122 cm³/mol. The predicted octanol–water partition coefficient (Wildman–Crippen LogP) is 5.90. The number of alkyl halides is 9. The van der Waals surface area contributed by atoms with Gasteiger partial charge in [-0.3, -0.25) is 9.69 Å². The SMILES string of the molecule is O=C(O)CCCNc1cc(CN2CCC3(CCN(C(=O)OC(C(F)(F)F)C(F)(F)F)CC3)C2)cc(C(F)(F)F)c1. The van der Waals surface area contributed by atoms with Crippen molar-refractivity contribution in [3.63, 3.8) is 0 Å².